The van der Waals surface area contributed by atoms with Gasteiger partial charge in [0.05, 0.1) is 0 Å². The van der Waals surface area contributed by atoms with E-state index in [1.807, 2.05) is 17.0 Å². The van der Waals surface area contributed by atoms with Crippen LogP contribution in [0.4, 0.5) is 5.69 Å². The van der Waals surface area contributed by atoms with Gasteiger partial charge in [-0.3, -0.25) is 4.79 Å². The van der Waals surface area contributed by atoms with Gasteiger partial charge in [-0.15, -0.1) is 0 Å². The molecule has 2 unspecified atom stereocenters. The van der Waals surface area contributed by atoms with Gasteiger partial charge in [-0.2, -0.15) is 0 Å². The van der Waals surface area contributed by atoms with E-state index >= 15 is 0 Å². The largest absolute Gasteiger partial charge is 0.327 e. The van der Waals surface area contributed by atoms with Crippen molar-refractivity contribution in [1.29, 1.82) is 0 Å². The highest BCUT2D eigenvalue weighted by Crippen LogP contribution is 2.31. The van der Waals surface area contributed by atoms with Gasteiger partial charge in [0.1, 0.15) is 0 Å². The van der Waals surface area contributed by atoms with E-state index in [0.717, 1.165) is 24.9 Å². The Morgan fingerprint density at radius 2 is 2.05 bits per heavy atom. The lowest BCUT2D eigenvalue weighted by Crippen LogP contribution is -2.44. The number of fused-ring (bicyclic) bond motifs is 1. The fourth-order valence-electron chi connectivity index (χ4n) is 3.25. The summed E-state index contributed by atoms with van der Waals surface area (Å²) >= 11 is 0. The average Bonchev–Trinajstić information content (AvgIpc) is 2.35. The van der Waals surface area contributed by atoms with Crippen molar-refractivity contribution in [2.45, 2.75) is 65.5 Å². The van der Waals surface area contributed by atoms with Crippen LogP contribution in [0, 0.1) is 5.41 Å². The molecule has 0 saturated carbocycles. The second-order valence-corrected chi connectivity index (χ2v) is 7.51. The van der Waals surface area contributed by atoms with Gasteiger partial charge in [0.2, 0.25) is 5.91 Å². The van der Waals surface area contributed by atoms with Crippen molar-refractivity contribution in [2.75, 3.05) is 4.90 Å². The highest BCUT2D eigenvalue weighted by Gasteiger charge is 2.29. The van der Waals surface area contributed by atoms with Gasteiger partial charge in [0.15, 0.2) is 0 Å². The van der Waals surface area contributed by atoms with Crippen LogP contribution in [0.1, 0.15) is 52.5 Å². The second-order valence-electron chi connectivity index (χ2n) is 7.51. The zero-order valence-corrected chi connectivity index (χ0v) is 13.7. The molecule has 1 aromatic carbocycles. The number of amides is 1. The minimum Gasteiger partial charge on any atom is -0.327 e. The molecular formula is C18H28N2O. The smallest absolute Gasteiger partial charge is 0.228 e. The molecule has 0 bridgehead atoms. The topological polar surface area (TPSA) is 46.3 Å². The normalized spacial score (nSPS) is 20.0. The van der Waals surface area contributed by atoms with E-state index in [1.165, 1.54) is 5.56 Å². The minimum absolute atomic E-state index is 0.0706. The van der Waals surface area contributed by atoms with Crippen LogP contribution in [0.25, 0.3) is 0 Å². The Balaban J connectivity index is 2.12. The Morgan fingerprint density at radius 3 is 2.71 bits per heavy atom. The third-order valence-corrected chi connectivity index (χ3v) is 4.10. The summed E-state index contributed by atoms with van der Waals surface area (Å²) in [6, 6.07) is 8.41. The van der Waals surface area contributed by atoms with E-state index in [0.29, 0.717) is 6.42 Å². The van der Waals surface area contributed by atoms with Crippen LogP contribution in [-0.4, -0.2) is 18.0 Å². The van der Waals surface area contributed by atoms with Crippen molar-refractivity contribution < 1.29 is 4.79 Å². The summed E-state index contributed by atoms with van der Waals surface area (Å²) in [5, 5.41) is 0. The highest BCUT2D eigenvalue weighted by molar-refractivity contribution is 5.95. The summed E-state index contributed by atoms with van der Waals surface area (Å²) in [7, 11) is 0. The van der Waals surface area contributed by atoms with Crippen LogP contribution in [0.5, 0.6) is 0 Å². The Morgan fingerprint density at radius 1 is 1.38 bits per heavy atom. The maximum Gasteiger partial charge on any atom is 0.228 e. The molecule has 3 nitrogen and oxygen atoms in total. The third kappa shape index (κ3) is 4.07. The van der Waals surface area contributed by atoms with Crippen LogP contribution < -0.4 is 10.6 Å². The highest BCUT2D eigenvalue weighted by atomic mass is 16.2. The second kappa shape index (κ2) is 6.18. The Hall–Kier alpha value is -1.35. The maximum absolute atomic E-state index is 12.7. The molecule has 116 valence electrons. The number of carbonyl (C=O) groups excluding carboxylic acids is 1. The molecule has 1 heterocycles. The van der Waals surface area contributed by atoms with Crippen molar-refractivity contribution in [3.8, 4) is 0 Å². The molecule has 0 radical (unpaired) electrons. The molecule has 2 rings (SSSR count). The SMILES string of the molecule is CC1CCc2ccccc2N1C(=O)CC(N)CC(C)(C)C. The van der Waals surface area contributed by atoms with Crippen molar-refractivity contribution in [2.24, 2.45) is 11.1 Å². The molecular weight excluding hydrogens is 260 g/mol. The van der Waals surface area contributed by atoms with E-state index < -0.39 is 0 Å². The first-order valence-electron chi connectivity index (χ1n) is 7.93. The molecule has 0 aliphatic carbocycles. The van der Waals surface area contributed by atoms with Crippen LogP contribution in [-0.2, 0) is 11.2 Å². The van der Waals surface area contributed by atoms with Crippen molar-refractivity contribution >= 4 is 11.6 Å². The predicted octanol–water partition coefficient (Wildman–Crippen LogP) is 3.51. The number of hydrogen-bond acceptors (Lipinski definition) is 2. The van der Waals surface area contributed by atoms with Crippen LogP contribution >= 0.6 is 0 Å². The summed E-state index contributed by atoms with van der Waals surface area (Å²) in [5.74, 6) is 0.159. The standard InChI is InChI=1S/C18H28N2O/c1-13-9-10-14-7-5-6-8-16(14)20(13)17(21)11-15(19)12-18(2,3)4/h5-8,13,15H,9-12,19H2,1-4H3. The number of benzene rings is 1. The molecule has 0 aromatic heterocycles. The molecule has 1 aromatic rings. The van der Waals surface area contributed by atoms with Gasteiger partial charge in [0.25, 0.3) is 0 Å². The zero-order valence-electron chi connectivity index (χ0n) is 13.7. The Bertz CT molecular complexity index is 504. The van der Waals surface area contributed by atoms with Crippen molar-refractivity contribution in [3.63, 3.8) is 0 Å². The number of nitrogens with two attached hydrogens (primary N) is 1. The maximum atomic E-state index is 12.7. The van der Waals surface area contributed by atoms with E-state index in [2.05, 4.69) is 39.8 Å². The molecule has 0 spiro atoms. The molecule has 0 fully saturated rings. The van der Waals surface area contributed by atoms with Gasteiger partial charge >= 0.3 is 0 Å². The van der Waals surface area contributed by atoms with Gasteiger partial charge in [0, 0.05) is 24.2 Å². The molecule has 2 atom stereocenters. The minimum atomic E-state index is -0.0706. The number of anilines is 1. The summed E-state index contributed by atoms with van der Waals surface area (Å²) in [6.45, 7) is 8.62. The number of nitrogens with zero attached hydrogens (tertiary/aromatic N) is 1. The van der Waals surface area contributed by atoms with Crippen LogP contribution in [0.2, 0.25) is 0 Å². The quantitative estimate of drug-likeness (QED) is 0.925. The molecule has 2 N–H and O–H groups in total. The first-order chi connectivity index (χ1) is 9.78. The molecule has 3 heteroatoms. The summed E-state index contributed by atoms with van der Waals surface area (Å²) in [4.78, 5) is 14.7. The number of carbonyl (C=O) groups is 1. The first-order valence-corrected chi connectivity index (χ1v) is 7.93. The Labute approximate surface area is 128 Å². The summed E-state index contributed by atoms with van der Waals surface area (Å²) in [6.07, 6.45) is 3.37. The van der Waals surface area contributed by atoms with Crippen molar-refractivity contribution in [3.05, 3.63) is 29.8 Å². The van der Waals surface area contributed by atoms with Crippen molar-refractivity contribution in [1.82, 2.24) is 0 Å². The van der Waals surface area contributed by atoms with E-state index in [9.17, 15) is 4.79 Å². The van der Waals surface area contributed by atoms with Gasteiger partial charge in [-0.25, -0.2) is 0 Å². The predicted molar refractivity (Wildman–Crippen MR) is 88.4 cm³/mol. The molecule has 21 heavy (non-hydrogen) atoms. The molecule has 1 aliphatic rings. The summed E-state index contributed by atoms with van der Waals surface area (Å²) < 4.78 is 0. The van der Waals surface area contributed by atoms with E-state index in [-0.39, 0.29) is 23.4 Å². The molecule has 1 amide bonds. The molecule has 0 saturated heterocycles. The van der Waals surface area contributed by atoms with Gasteiger partial charge < -0.3 is 10.6 Å². The zero-order chi connectivity index (χ0) is 15.6. The fourth-order valence-corrected chi connectivity index (χ4v) is 3.25. The number of hydrogen-bond donors (Lipinski definition) is 1. The lowest BCUT2D eigenvalue weighted by atomic mass is 9.87. The Kier molecular flexibility index (Phi) is 4.72. The van der Waals surface area contributed by atoms with Crippen LogP contribution in [0.15, 0.2) is 24.3 Å². The number of aryl methyl sites for hydroxylation is 1. The number of para-hydroxylation sites is 1. The lowest BCUT2D eigenvalue weighted by Gasteiger charge is -2.36. The van der Waals surface area contributed by atoms with E-state index in [4.69, 9.17) is 5.73 Å². The monoisotopic (exact) mass is 288 g/mol. The third-order valence-electron chi connectivity index (χ3n) is 4.10. The summed E-state index contributed by atoms with van der Waals surface area (Å²) in [5.41, 5.74) is 8.69. The molecule has 1 aliphatic heterocycles. The van der Waals surface area contributed by atoms with Gasteiger partial charge in [-0.1, -0.05) is 39.0 Å². The average molecular weight is 288 g/mol. The first kappa shape index (κ1) is 16.0. The lowest BCUT2D eigenvalue weighted by molar-refractivity contribution is -0.119. The van der Waals surface area contributed by atoms with Crippen LogP contribution in [0.3, 0.4) is 0 Å². The number of rotatable bonds is 3. The van der Waals surface area contributed by atoms with E-state index in [1.54, 1.807) is 0 Å². The van der Waals surface area contributed by atoms with Gasteiger partial charge in [-0.05, 0) is 43.2 Å². The fraction of sp³-hybridized carbons (Fsp3) is 0.611.